The molecule has 166 valence electrons. The Bertz CT molecular complexity index is 967. The zero-order chi connectivity index (χ0) is 21.8. The lowest BCUT2D eigenvalue weighted by atomic mass is 9.95. The number of ether oxygens (including phenoxy) is 3. The molecule has 1 atom stereocenters. The summed E-state index contributed by atoms with van der Waals surface area (Å²) < 4.78 is 17.4. The molecule has 1 saturated heterocycles. The van der Waals surface area contributed by atoms with Crippen molar-refractivity contribution in [2.45, 2.75) is 51.6 Å². The van der Waals surface area contributed by atoms with E-state index in [4.69, 9.17) is 14.2 Å². The van der Waals surface area contributed by atoms with Crippen molar-refractivity contribution in [1.82, 2.24) is 0 Å². The van der Waals surface area contributed by atoms with Gasteiger partial charge in [0.05, 0.1) is 22.7 Å². The highest BCUT2D eigenvalue weighted by Gasteiger charge is 2.27. The molecule has 2 heterocycles. The van der Waals surface area contributed by atoms with E-state index in [1.807, 2.05) is 0 Å². The number of aryl methyl sites for hydroxylation is 1. The average molecular weight is 508 g/mol. The first-order chi connectivity index (χ1) is 15.1. The lowest BCUT2D eigenvalue weighted by Crippen LogP contribution is -2.17. The summed E-state index contributed by atoms with van der Waals surface area (Å²) >= 11 is 4.98. The van der Waals surface area contributed by atoms with Crippen LogP contribution in [0.15, 0.2) is 22.7 Å². The molecule has 1 amide bonds. The van der Waals surface area contributed by atoms with Crippen LogP contribution >= 0.6 is 27.3 Å². The fraction of sp³-hybridized carbons (Fsp3) is 0.478. The Kier molecular flexibility index (Phi) is 7.30. The number of anilines is 1. The minimum absolute atomic E-state index is 0.126. The van der Waals surface area contributed by atoms with Crippen LogP contribution in [0.4, 0.5) is 5.00 Å². The van der Waals surface area contributed by atoms with Crippen molar-refractivity contribution in [1.29, 1.82) is 0 Å². The van der Waals surface area contributed by atoms with E-state index in [1.54, 1.807) is 25.1 Å². The summed E-state index contributed by atoms with van der Waals surface area (Å²) in [5, 5.41) is 3.52. The third-order valence-corrected chi connectivity index (χ3v) is 7.35. The van der Waals surface area contributed by atoms with Crippen LogP contribution in [0.5, 0.6) is 5.75 Å². The molecule has 1 fully saturated rings. The van der Waals surface area contributed by atoms with Crippen LogP contribution in [0.2, 0.25) is 0 Å². The monoisotopic (exact) mass is 507 g/mol. The van der Waals surface area contributed by atoms with E-state index >= 15 is 0 Å². The van der Waals surface area contributed by atoms with Crippen molar-refractivity contribution in [2.75, 3.05) is 25.1 Å². The van der Waals surface area contributed by atoms with Gasteiger partial charge in [-0.15, -0.1) is 11.3 Å². The molecule has 1 N–H and O–H groups in total. The van der Waals surface area contributed by atoms with E-state index in [0.717, 1.165) is 50.7 Å². The van der Waals surface area contributed by atoms with Crippen molar-refractivity contribution < 1.29 is 23.8 Å². The molecule has 6 nitrogen and oxygen atoms in total. The number of fused-ring (bicyclic) bond motifs is 1. The first-order valence-corrected chi connectivity index (χ1v) is 12.3. The van der Waals surface area contributed by atoms with Crippen molar-refractivity contribution >= 4 is 44.1 Å². The summed E-state index contributed by atoms with van der Waals surface area (Å²) in [6.45, 7) is 3.37. The lowest BCUT2D eigenvalue weighted by molar-refractivity contribution is 0.0526. The third-order valence-electron chi connectivity index (χ3n) is 5.52. The van der Waals surface area contributed by atoms with Gasteiger partial charge in [-0.05, 0) is 85.1 Å². The molecule has 1 aliphatic heterocycles. The van der Waals surface area contributed by atoms with Gasteiger partial charge in [-0.1, -0.05) is 0 Å². The molecule has 1 unspecified atom stereocenters. The lowest BCUT2D eigenvalue weighted by Gasteiger charge is -2.14. The number of rotatable bonds is 7. The maximum atomic E-state index is 13.0. The van der Waals surface area contributed by atoms with Gasteiger partial charge in [-0.25, -0.2) is 4.79 Å². The number of carbonyl (C=O) groups is 2. The highest BCUT2D eigenvalue weighted by Crippen LogP contribution is 2.39. The van der Waals surface area contributed by atoms with Gasteiger partial charge in [0.15, 0.2) is 0 Å². The molecular weight excluding hydrogens is 482 g/mol. The molecular formula is C23H26BrNO5S. The van der Waals surface area contributed by atoms with Gasteiger partial charge in [0, 0.05) is 17.0 Å². The zero-order valence-electron chi connectivity index (χ0n) is 17.5. The maximum absolute atomic E-state index is 13.0. The van der Waals surface area contributed by atoms with E-state index in [0.29, 0.717) is 39.6 Å². The standard InChI is InChI=1S/C23H26BrNO5S/c1-2-28-23(27)20-16-7-3-4-8-19(16)31-22(20)25-21(26)14-9-10-18(17(24)12-14)30-13-15-6-5-11-29-15/h9-10,12,15H,2-8,11,13H2,1H3,(H,25,26). The number of hydrogen-bond acceptors (Lipinski definition) is 6. The third kappa shape index (κ3) is 5.13. The number of esters is 1. The van der Waals surface area contributed by atoms with Crippen LogP contribution in [0, 0.1) is 0 Å². The van der Waals surface area contributed by atoms with Crippen LogP contribution in [0.25, 0.3) is 0 Å². The normalized spacial score (nSPS) is 17.8. The van der Waals surface area contributed by atoms with E-state index in [1.165, 1.54) is 16.2 Å². The van der Waals surface area contributed by atoms with Gasteiger partial charge in [0.2, 0.25) is 0 Å². The number of nitrogens with one attached hydrogen (secondary N) is 1. The fourth-order valence-corrected chi connectivity index (χ4v) is 5.73. The molecule has 4 rings (SSSR count). The van der Waals surface area contributed by atoms with Gasteiger partial charge in [-0.2, -0.15) is 0 Å². The SMILES string of the molecule is CCOC(=O)c1c(NC(=O)c2ccc(OCC3CCCO3)c(Br)c2)sc2c1CCCC2. The zero-order valence-corrected chi connectivity index (χ0v) is 19.9. The number of benzene rings is 1. The van der Waals surface area contributed by atoms with Gasteiger partial charge >= 0.3 is 5.97 Å². The molecule has 1 aromatic carbocycles. The van der Waals surface area contributed by atoms with Crippen LogP contribution in [0.3, 0.4) is 0 Å². The van der Waals surface area contributed by atoms with Crippen LogP contribution in [-0.2, 0) is 22.3 Å². The van der Waals surface area contributed by atoms with Crippen LogP contribution in [0.1, 0.15) is 63.8 Å². The summed E-state index contributed by atoms with van der Waals surface area (Å²) in [5.74, 6) is 0.0395. The molecule has 1 aliphatic carbocycles. The molecule has 31 heavy (non-hydrogen) atoms. The molecule has 0 saturated carbocycles. The number of thiophene rings is 1. The van der Waals surface area contributed by atoms with Crippen molar-refractivity contribution in [2.24, 2.45) is 0 Å². The Balaban J connectivity index is 1.49. The molecule has 2 aromatic rings. The van der Waals surface area contributed by atoms with Gasteiger partial charge in [0.25, 0.3) is 5.91 Å². The first kappa shape index (κ1) is 22.3. The maximum Gasteiger partial charge on any atom is 0.341 e. The Hall–Kier alpha value is -1.90. The Morgan fingerprint density at radius 1 is 1.26 bits per heavy atom. The van der Waals surface area contributed by atoms with E-state index in [-0.39, 0.29) is 18.0 Å². The Labute approximate surface area is 194 Å². The number of hydrogen-bond donors (Lipinski definition) is 1. The molecule has 0 spiro atoms. The van der Waals surface area contributed by atoms with Gasteiger partial charge in [-0.3, -0.25) is 4.79 Å². The van der Waals surface area contributed by atoms with E-state index in [2.05, 4.69) is 21.2 Å². The van der Waals surface area contributed by atoms with Crippen molar-refractivity contribution in [3.8, 4) is 5.75 Å². The van der Waals surface area contributed by atoms with Gasteiger partial charge < -0.3 is 19.5 Å². The average Bonchev–Trinajstić information content (AvgIpc) is 3.40. The molecule has 8 heteroatoms. The minimum Gasteiger partial charge on any atom is -0.490 e. The summed E-state index contributed by atoms with van der Waals surface area (Å²) in [6.07, 6.45) is 6.12. The molecule has 2 aliphatic rings. The quantitative estimate of drug-likeness (QED) is 0.509. The smallest absolute Gasteiger partial charge is 0.341 e. The first-order valence-electron chi connectivity index (χ1n) is 10.7. The second kappa shape index (κ2) is 10.1. The molecule has 0 bridgehead atoms. The number of amides is 1. The van der Waals surface area contributed by atoms with Crippen LogP contribution < -0.4 is 10.1 Å². The summed E-state index contributed by atoms with van der Waals surface area (Å²) in [7, 11) is 0. The van der Waals surface area contributed by atoms with Crippen LogP contribution in [-0.4, -0.2) is 37.8 Å². The predicted molar refractivity (Wildman–Crippen MR) is 123 cm³/mol. The highest BCUT2D eigenvalue weighted by atomic mass is 79.9. The second-order valence-corrected chi connectivity index (χ2v) is 9.64. The van der Waals surface area contributed by atoms with E-state index in [9.17, 15) is 9.59 Å². The largest absolute Gasteiger partial charge is 0.490 e. The number of carbonyl (C=O) groups excluding carboxylic acids is 2. The molecule has 0 radical (unpaired) electrons. The van der Waals surface area contributed by atoms with Gasteiger partial charge in [0.1, 0.15) is 17.4 Å². The topological polar surface area (TPSA) is 73.9 Å². The second-order valence-electron chi connectivity index (χ2n) is 7.68. The highest BCUT2D eigenvalue weighted by molar-refractivity contribution is 9.10. The fourth-order valence-electron chi connectivity index (χ4n) is 3.97. The summed E-state index contributed by atoms with van der Waals surface area (Å²) in [5.41, 5.74) is 2.03. The number of halogens is 1. The van der Waals surface area contributed by atoms with Crippen molar-refractivity contribution in [3.05, 3.63) is 44.2 Å². The summed E-state index contributed by atoms with van der Waals surface area (Å²) in [6, 6.07) is 5.24. The van der Waals surface area contributed by atoms with E-state index < -0.39 is 0 Å². The Morgan fingerprint density at radius 3 is 2.84 bits per heavy atom. The Morgan fingerprint density at radius 2 is 2.10 bits per heavy atom. The molecule has 1 aromatic heterocycles. The predicted octanol–water partition coefficient (Wildman–Crippen LogP) is 5.38. The van der Waals surface area contributed by atoms with Crippen molar-refractivity contribution in [3.63, 3.8) is 0 Å². The summed E-state index contributed by atoms with van der Waals surface area (Å²) in [4.78, 5) is 26.7. The minimum atomic E-state index is -0.365.